The van der Waals surface area contributed by atoms with E-state index in [0.717, 1.165) is 26.1 Å². The number of hydrogen-bond donors (Lipinski definition) is 1. The van der Waals surface area contributed by atoms with Crippen LogP contribution in [-0.2, 0) is 6.42 Å². The number of hydrogen-bond acceptors (Lipinski definition) is 2. The molecule has 2 aromatic rings. The number of nitrogens with zero attached hydrogens (tertiary/aromatic N) is 1. The van der Waals surface area contributed by atoms with Crippen molar-refractivity contribution in [1.29, 1.82) is 0 Å². The molecule has 1 aliphatic rings. The van der Waals surface area contributed by atoms with Gasteiger partial charge in [0, 0.05) is 35.5 Å². The van der Waals surface area contributed by atoms with Gasteiger partial charge in [-0.05, 0) is 48.7 Å². The molecule has 0 spiro atoms. The van der Waals surface area contributed by atoms with Crippen molar-refractivity contribution in [3.05, 3.63) is 58.1 Å². The second kappa shape index (κ2) is 5.88. The van der Waals surface area contributed by atoms with Gasteiger partial charge in [-0.1, -0.05) is 34.1 Å². The lowest BCUT2D eigenvalue weighted by Gasteiger charge is -2.29. The van der Waals surface area contributed by atoms with Crippen LogP contribution in [-0.4, -0.2) is 19.6 Å². The van der Waals surface area contributed by atoms with Crippen LogP contribution in [0.4, 0.5) is 11.4 Å². The van der Waals surface area contributed by atoms with E-state index >= 15 is 0 Å². The van der Waals surface area contributed by atoms with Gasteiger partial charge in [0.05, 0.1) is 0 Å². The summed E-state index contributed by atoms with van der Waals surface area (Å²) in [5.41, 5.74) is 5.30. The van der Waals surface area contributed by atoms with E-state index in [1.165, 1.54) is 27.0 Å². The number of anilines is 2. The summed E-state index contributed by atoms with van der Waals surface area (Å²) in [6, 6.07) is 15.2. The smallest absolute Gasteiger partial charge is 0.0374 e. The summed E-state index contributed by atoms with van der Waals surface area (Å²) >= 11 is 3.57. The summed E-state index contributed by atoms with van der Waals surface area (Å²) in [5, 5.41) is 3.54. The van der Waals surface area contributed by atoms with E-state index in [9.17, 15) is 0 Å². The molecule has 1 heterocycles. The van der Waals surface area contributed by atoms with Crippen molar-refractivity contribution >= 4 is 27.3 Å². The number of para-hydroxylation sites is 1. The predicted molar refractivity (Wildman–Crippen MR) is 89.7 cm³/mol. The second-order valence-electron chi connectivity index (χ2n) is 5.25. The molecule has 0 radical (unpaired) electrons. The summed E-state index contributed by atoms with van der Waals surface area (Å²) in [4.78, 5) is 2.46. The van der Waals surface area contributed by atoms with Crippen molar-refractivity contribution in [1.82, 2.24) is 0 Å². The monoisotopic (exact) mass is 330 g/mol. The number of halogens is 1. The molecule has 0 saturated carbocycles. The van der Waals surface area contributed by atoms with Crippen molar-refractivity contribution in [2.45, 2.75) is 13.3 Å². The first-order valence-corrected chi connectivity index (χ1v) is 7.86. The fourth-order valence-corrected chi connectivity index (χ4v) is 2.93. The minimum atomic E-state index is 0.978. The van der Waals surface area contributed by atoms with Crippen molar-refractivity contribution in [2.24, 2.45) is 0 Å². The second-order valence-corrected chi connectivity index (χ2v) is 6.11. The van der Waals surface area contributed by atoms with Gasteiger partial charge in [0.2, 0.25) is 0 Å². The van der Waals surface area contributed by atoms with Crippen molar-refractivity contribution in [2.75, 3.05) is 29.9 Å². The van der Waals surface area contributed by atoms with E-state index in [2.05, 4.69) is 75.5 Å². The van der Waals surface area contributed by atoms with Crippen molar-refractivity contribution < 1.29 is 0 Å². The maximum Gasteiger partial charge on any atom is 0.0374 e. The van der Waals surface area contributed by atoms with Crippen LogP contribution in [0.1, 0.15) is 11.1 Å². The quantitative estimate of drug-likeness (QED) is 0.841. The van der Waals surface area contributed by atoms with Gasteiger partial charge in [-0.25, -0.2) is 0 Å². The summed E-state index contributed by atoms with van der Waals surface area (Å²) in [5.74, 6) is 0. The Kier molecular flexibility index (Phi) is 3.97. The van der Waals surface area contributed by atoms with Gasteiger partial charge in [-0.3, -0.25) is 0 Å². The molecule has 0 bridgehead atoms. The number of aryl methyl sites for hydroxylation is 1. The number of rotatable bonds is 1. The zero-order valence-electron chi connectivity index (χ0n) is 11.7. The Hall–Kier alpha value is -1.48. The maximum atomic E-state index is 3.57. The fourth-order valence-electron chi connectivity index (χ4n) is 2.69. The largest absolute Gasteiger partial charge is 0.383 e. The minimum absolute atomic E-state index is 0.978. The molecule has 2 aromatic carbocycles. The van der Waals surface area contributed by atoms with Crippen molar-refractivity contribution in [3.8, 4) is 0 Å². The third-order valence-electron chi connectivity index (χ3n) is 3.87. The molecule has 0 aliphatic carbocycles. The zero-order chi connectivity index (χ0) is 13.9. The lowest BCUT2D eigenvalue weighted by molar-refractivity contribution is 0.774. The van der Waals surface area contributed by atoms with E-state index < -0.39 is 0 Å². The van der Waals surface area contributed by atoms with Gasteiger partial charge in [-0.15, -0.1) is 0 Å². The van der Waals surface area contributed by atoms with Crippen LogP contribution in [0.15, 0.2) is 46.9 Å². The highest BCUT2D eigenvalue weighted by molar-refractivity contribution is 9.10. The van der Waals surface area contributed by atoms with Gasteiger partial charge < -0.3 is 10.2 Å². The molecular formula is C17H19BrN2. The molecule has 2 nitrogen and oxygen atoms in total. The van der Waals surface area contributed by atoms with Crippen LogP contribution in [0.3, 0.4) is 0 Å². The Bertz CT molecular complexity index is 610. The average molecular weight is 331 g/mol. The fraction of sp³-hybridized carbons (Fsp3) is 0.294. The highest BCUT2D eigenvalue weighted by atomic mass is 79.9. The number of nitrogens with one attached hydrogen (secondary N) is 1. The molecule has 20 heavy (non-hydrogen) atoms. The summed E-state index contributed by atoms with van der Waals surface area (Å²) in [7, 11) is 0. The molecule has 3 rings (SSSR count). The zero-order valence-corrected chi connectivity index (χ0v) is 13.3. The summed E-state index contributed by atoms with van der Waals surface area (Å²) < 4.78 is 1.18. The summed E-state index contributed by atoms with van der Waals surface area (Å²) in [6.45, 7) is 5.23. The van der Waals surface area contributed by atoms with Crippen LogP contribution in [0.2, 0.25) is 0 Å². The predicted octanol–water partition coefficient (Wildman–Crippen LogP) is 4.23. The topological polar surface area (TPSA) is 15.3 Å². The van der Waals surface area contributed by atoms with Crippen molar-refractivity contribution in [3.63, 3.8) is 0 Å². The molecule has 0 fully saturated rings. The molecule has 1 N–H and O–H groups in total. The molecule has 1 aliphatic heterocycles. The number of fused-ring (bicyclic) bond motifs is 1. The first-order chi connectivity index (χ1) is 9.74. The highest BCUT2D eigenvalue weighted by Crippen LogP contribution is 2.25. The first-order valence-electron chi connectivity index (χ1n) is 7.07. The third-order valence-corrected chi connectivity index (χ3v) is 4.76. The molecule has 0 saturated heterocycles. The van der Waals surface area contributed by atoms with Gasteiger partial charge in [-0.2, -0.15) is 0 Å². The molecule has 3 heteroatoms. The Balaban J connectivity index is 1.81. The standard InChI is InChI=1S/C17H19BrN2/c1-13-12-15(6-7-16(13)18)20-10-8-14-4-2-3-5-17(14)19-9-11-20/h2-7,12,19H,8-11H2,1H3. The molecule has 0 amide bonds. The van der Waals surface area contributed by atoms with E-state index in [4.69, 9.17) is 0 Å². The molecular weight excluding hydrogens is 312 g/mol. The van der Waals surface area contributed by atoms with E-state index in [1.54, 1.807) is 0 Å². The Labute approximate surface area is 128 Å². The Morgan fingerprint density at radius 2 is 1.95 bits per heavy atom. The first kappa shape index (κ1) is 13.5. The van der Waals surface area contributed by atoms with Crippen LogP contribution < -0.4 is 10.2 Å². The van der Waals surface area contributed by atoms with Gasteiger partial charge in [0.1, 0.15) is 0 Å². The minimum Gasteiger partial charge on any atom is -0.383 e. The lowest BCUT2D eigenvalue weighted by atomic mass is 10.1. The molecule has 0 unspecified atom stereocenters. The van der Waals surface area contributed by atoms with Crippen LogP contribution >= 0.6 is 15.9 Å². The summed E-state index contributed by atoms with van der Waals surface area (Å²) in [6.07, 6.45) is 1.08. The third kappa shape index (κ3) is 2.83. The molecule has 0 atom stereocenters. The van der Waals surface area contributed by atoms with Crippen LogP contribution in [0.5, 0.6) is 0 Å². The van der Waals surface area contributed by atoms with Gasteiger partial charge in [0.15, 0.2) is 0 Å². The Morgan fingerprint density at radius 3 is 2.80 bits per heavy atom. The van der Waals surface area contributed by atoms with E-state index in [0.29, 0.717) is 0 Å². The van der Waals surface area contributed by atoms with E-state index in [1.807, 2.05) is 0 Å². The van der Waals surface area contributed by atoms with E-state index in [-0.39, 0.29) is 0 Å². The number of benzene rings is 2. The molecule has 104 valence electrons. The maximum absolute atomic E-state index is 3.57. The SMILES string of the molecule is Cc1cc(N2CCNc3ccccc3CC2)ccc1Br. The highest BCUT2D eigenvalue weighted by Gasteiger charge is 2.12. The molecule has 0 aromatic heterocycles. The van der Waals surface area contributed by atoms with Crippen LogP contribution in [0.25, 0.3) is 0 Å². The van der Waals surface area contributed by atoms with Gasteiger partial charge >= 0.3 is 0 Å². The normalized spacial score (nSPS) is 15.0. The lowest BCUT2D eigenvalue weighted by Crippen LogP contribution is -2.33. The average Bonchev–Trinajstić information content (AvgIpc) is 2.43. The van der Waals surface area contributed by atoms with Gasteiger partial charge in [0.25, 0.3) is 0 Å². The van der Waals surface area contributed by atoms with Crippen LogP contribution in [0, 0.1) is 6.92 Å². The Morgan fingerprint density at radius 1 is 1.10 bits per heavy atom.